The molecule has 0 fully saturated rings. The number of carbonyl (C=O) groups excluding carboxylic acids is 2. The van der Waals surface area contributed by atoms with Crippen LogP contribution in [0, 0.1) is 0 Å². The first kappa shape index (κ1) is 26.2. The van der Waals surface area contributed by atoms with Gasteiger partial charge in [-0.3, -0.25) is 9.59 Å². The Labute approximate surface area is 220 Å². The second-order valence-corrected chi connectivity index (χ2v) is 9.03. The summed E-state index contributed by atoms with van der Waals surface area (Å²) >= 11 is 0. The molecule has 0 unspecified atom stereocenters. The van der Waals surface area contributed by atoms with Gasteiger partial charge in [0, 0.05) is 23.2 Å². The largest absolute Gasteiger partial charge is 0.494 e. The van der Waals surface area contributed by atoms with Crippen LogP contribution in [0.2, 0.25) is 0 Å². The number of para-hydroxylation sites is 1. The monoisotopic (exact) mass is 539 g/mol. The fourth-order valence-electron chi connectivity index (χ4n) is 4.55. The molecule has 0 aliphatic carbocycles. The Morgan fingerprint density at radius 2 is 1.92 bits per heavy atom. The van der Waals surface area contributed by atoms with Crippen LogP contribution in [-0.2, 0) is 17.4 Å². The Hall–Kier alpha value is -4.45. The van der Waals surface area contributed by atoms with Crippen LogP contribution in [0.25, 0.3) is 22.4 Å². The second kappa shape index (κ2) is 10.0. The smallest absolute Gasteiger partial charge is 0.433 e. The van der Waals surface area contributed by atoms with E-state index >= 15 is 0 Å². The summed E-state index contributed by atoms with van der Waals surface area (Å²) in [6.07, 6.45) is -3.92. The summed E-state index contributed by atoms with van der Waals surface area (Å²) in [5.41, 5.74) is 6.93. The van der Waals surface area contributed by atoms with Crippen molar-refractivity contribution in [3.8, 4) is 17.2 Å². The molecule has 3 N–H and O–H groups in total. The number of methoxy groups -OCH3 is 1. The molecular weight excluding hydrogens is 515 g/mol. The number of ether oxygens (including phenoxy) is 1. The number of benzene rings is 2. The third-order valence-electron chi connectivity index (χ3n) is 6.43. The van der Waals surface area contributed by atoms with Crippen LogP contribution in [0.5, 0.6) is 5.75 Å². The molecule has 12 heteroatoms. The van der Waals surface area contributed by atoms with Gasteiger partial charge in [0.05, 0.1) is 19.7 Å². The molecule has 2 aromatic carbocycles. The van der Waals surface area contributed by atoms with Crippen molar-refractivity contribution in [3.05, 3.63) is 71.2 Å². The Kier molecular flexibility index (Phi) is 6.73. The summed E-state index contributed by atoms with van der Waals surface area (Å²) in [4.78, 5) is 35.6. The van der Waals surface area contributed by atoms with E-state index in [0.29, 0.717) is 6.54 Å². The quantitative estimate of drug-likeness (QED) is 0.375. The first-order valence-electron chi connectivity index (χ1n) is 12.1. The van der Waals surface area contributed by atoms with Crippen molar-refractivity contribution in [2.24, 2.45) is 5.73 Å². The molecule has 1 atom stereocenters. The lowest BCUT2D eigenvalue weighted by Crippen LogP contribution is -2.39. The van der Waals surface area contributed by atoms with Crippen LogP contribution >= 0.6 is 0 Å². The number of oxazole rings is 1. The number of amides is 2. The van der Waals surface area contributed by atoms with Crippen molar-refractivity contribution in [2.45, 2.75) is 25.6 Å². The van der Waals surface area contributed by atoms with E-state index in [9.17, 15) is 22.8 Å². The van der Waals surface area contributed by atoms with Gasteiger partial charge in [-0.2, -0.15) is 13.2 Å². The number of nitrogens with zero attached hydrogens (tertiary/aromatic N) is 3. The SMILES string of the molecule is COc1ccc(-c2nc(C(=O)NCC(=O)N3CCc4ccccc43)c([C@H](C)N)o2)c2ccc(C(F)(F)F)nc12. The highest BCUT2D eigenvalue weighted by molar-refractivity contribution is 6.02. The molecule has 0 radical (unpaired) electrons. The second-order valence-electron chi connectivity index (χ2n) is 9.03. The van der Waals surface area contributed by atoms with E-state index in [2.05, 4.69) is 15.3 Å². The molecule has 1 aliphatic heterocycles. The molecule has 39 heavy (non-hydrogen) atoms. The average molecular weight is 540 g/mol. The molecule has 5 rings (SSSR count). The van der Waals surface area contributed by atoms with Crippen LogP contribution in [0.1, 0.15) is 40.5 Å². The minimum absolute atomic E-state index is 0.0403. The minimum Gasteiger partial charge on any atom is -0.494 e. The van der Waals surface area contributed by atoms with Crippen molar-refractivity contribution in [1.29, 1.82) is 0 Å². The summed E-state index contributed by atoms with van der Waals surface area (Å²) in [5, 5.41) is 2.85. The number of halogens is 3. The third-order valence-corrected chi connectivity index (χ3v) is 6.43. The molecular formula is C27H24F3N5O4. The number of alkyl halides is 3. The van der Waals surface area contributed by atoms with Crippen molar-refractivity contribution in [2.75, 3.05) is 25.1 Å². The molecule has 0 bridgehead atoms. The summed E-state index contributed by atoms with van der Waals surface area (Å²) in [7, 11) is 1.32. The number of fused-ring (bicyclic) bond motifs is 2. The molecule has 4 aromatic rings. The van der Waals surface area contributed by atoms with Crippen LogP contribution in [0.15, 0.2) is 52.9 Å². The standard InChI is InChI=1S/C27H24F3N5O4/c1-14(31)24-23(25(37)32-13-21(36)35-12-11-15-5-3-4-6-18(15)35)34-26(39-24)17-7-9-19(38-2)22-16(17)8-10-20(33-22)27(28,29)30/h3-10,14H,11-13,31H2,1-2H3,(H,32,37)/t14-/m0/s1. The maximum atomic E-state index is 13.3. The van der Waals surface area contributed by atoms with Gasteiger partial charge in [-0.15, -0.1) is 0 Å². The van der Waals surface area contributed by atoms with Gasteiger partial charge in [0.1, 0.15) is 17.0 Å². The molecule has 3 heterocycles. The normalized spacial score (nSPS) is 13.8. The zero-order valence-electron chi connectivity index (χ0n) is 21.0. The number of anilines is 1. The fraction of sp³-hybridized carbons (Fsp3) is 0.259. The maximum absolute atomic E-state index is 13.3. The Balaban J connectivity index is 1.44. The summed E-state index contributed by atoms with van der Waals surface area (Å²) in [5.74, 6) is -0.814. The molecule has 2 amide bonds. The van der Waals surface area contributed by atoms with E-state index in [-0.39, 0.29) is 52.0 Å². The molecule has 0 saturated carbocycles. The van der Waals surface area contributed by atoms with E-state index in [1.807, 2.05) is 24.3 Å². The van der Waals surface area contributed by atoms with Gasteiger partial charge >= 0.3 is 6.18 Å². The van der Waals surface area contributed by atoms with Gasteiger partial charge in [0.25, 0.3) is 5.91 Å². The minimum atomic E-state index is -4.65. The molecule has 1 aliphatic rings. The van der Waals surface area contributed by atoms with Crippen LogP contribution in [0.4, 0.5) is 18.9 Å². The van der Waals surface area contributed by atoms with E-state index in [1.54, 1.807) is 17.9 Å². The number of hydrogen-bond acceptors (Lipinski definition) is 7. The molecule has 0 spiro atoms. The van der Waals surface area contributed by atoms with E-state index in [4.69, 9.17) is 14.9 Å². The predicted molar refractivity (Wildman–Crippen MR) is 136 cm³/mol. The highest BCUT2D eigenvalue weighted by atomic mass is 19.4. The zero-order valence-corrected chi connectivity index (χ0v) is 21.0. The lowest BCUT2D eigenvalue weighted by Gasteiger charge is -2.17. The molecule has 9 nitrogen and oxygen atoms in total. The highest BCUT2D eigenvalue weighted by Gasteiger charge is 2.33. The predicted octanol–water partition coefficient (Wildman–Crippen LogP) is 4.26. The highest BCUT2D eigenvalue weighted by Crippen LogP contribution is 2.37. The number of nitrogens with one attached hydrogen (secondary N) is 1. The summed E-state index contributed by atoms with van der Waals surface area (Å²) in [6.45, 7) is 1.84. The lowest BCUT2D eigenvalue weighted by molar-refractivity contribution is -0.141. The van der Waals surface area contributed by atoms with Crippen molar-refractivity contribution in [3.63, 3.8) is 0 Å². The summed E-state index contributed by atoms with van der Waals surface area (Å²) < 4.78 is 50.9. The molecule has 0 saturated heterocycles. The number of pyridine rings is 1. The lowest BCUT2D eigenvalue weighted by atomic mass is 10.1. The van der Waals surface area contributed by atoms with Gasteiger partial charge < -0.3 is 25.1 Å². The van der Waals surface area contributed by atoms with Gasteiger partial charge in [0.2, 0.25) is 11.8 Å². The van der Waals surface area contributed by atoms with Crippen LogP contribution in [-0.4, -0.2) is 42.0 Å². The third kappa shape index (κ3) is 4.90. The first-order chi connectivity index (χ1) is 18.6. The molecule has 202 valence electrons. The van der Waals surface area contributed by atoms with Crippen LogP contribution < -0.4 is 20.7 Å². The topological polar surface area (TPSA) is 124 Å². The Morgan fingerprint density at radius 3 is 2.64 bits per heavy atom. The van der Waals surface area contributed by atoms with E-state index in [0.717, 1.165) is 23.7 Å². The van der Waals surface area contributed by atoms with Gasteiger partial charge in [-0.05, 0) is 49.2 Å². The number of nitrogens with two attached hydrogens (primary N) is 1. The van der Waals surface area contributed by atoms with E-state index < -0.39 is 23.8 Å². The van der Waals surface area contributed by atoms with Crippen LogP contribution in [0.3, 0.4) is 0 Å². The van der Waals surface area contributed by atoms with E-state index in [1.165, 1.54) is 19.2 Å². The maximum Gasteiger partial charge on any atom is 0.433 e. The fourth-order valence-corrected chi connectivity index (χ4v) is 4.55. The van der Waals surface area contributed by atoms with Gasteiger partial charge in [0.15, 0.2) is 11.5 Å². The van der Waals surface area contributed by atoms with Gasteiger partial charge in [-0.25, -0.2) is 9.97 Å². The Bertz CT molecular complexity index is 1580. The number of carbonyl (C=O) groups is 2. The number of rotatable bonds is 6. The zero-order chi connectivity index (χ0) is 27.9. The Morgan fingerprint density at radius 1 is 1.15 bits per heavy atom. The van der Waals surface area contributed by atoms with Crippen molar-refractivity contribution < 1.29 is 31.9 Å². The molecule has 2 aromatic heterocycles. The number of hydrogen-bond donors (Lipinski definition) is 2. The van der Waals surface area contributed by atoms with Crippen molar-refractivity contribution in [1.82, 2.24) is 15.3 Å². The van der Waals surface area contributed by atoms with Gasteiger partial charge in [-0.1, -0.05) is 18.2 Å². The van der Waals surface area contributed by atoms with Crippen molar-refractivity contribution >= 4 is 28.4 Å². The average Bonchev–Trinajstić information content (AvgIpc) is 3.55. The first-order valence-corrected chi connectivity index (χ1v) is 12.1. The summed E-state index contributed by atoms with van der Waals surface area (Å²) in [6, 6.07) is 11.9. The number of aromatic nitrogens is 2.